The number of nitrogens with zero attached hydrogens (tertiary/aromatic N) is 2. The fraction of sp³-hybridized carbons (Fsp3) is 0.576. The maximum Gasteiger partial charge on any atom is 0.389 e. The minimum absolute atomic E-state index is 0.0110. The first-order chi connectivity index (χ1) is 22.0. The number of halogens is 3. The second-order valence-electron chi connectivity index (χ2n) is 12.3. The van der Waals surface area contributed by atoms with Gasteiger partial charge >= 0.3 is 6.18 Å². The average Bonchev–Trinajstić information content (AvgIpc) is 3.01. The minimum atomic E-state index is -4.49. The Bertz CT molecular complexity index is 1450. The van der Waals surface area contributed by atoms with E-state index in [1.54, 1.807) is 31.2 Å². The summed E-state index contributed by atoms with van der Waals surface area (Å²) in [5.41, 5.74) is 1.11. The van der Waals surface area contributed by atoms with Crippen LogP contribution in [0.4, 0.5) is 18.9 Å². The third-order valence-corrected chi connectivity index (χ3v) is 9.97. The molecule has 0 aliphatic carbocycles. The second-order valence-corrected chi connectivity index (χ2v) is 14.3. The predicted octanol–water partition coefficient (Wildman–Crippen LogP) is 5.39. The summed E-state index contributed by atoms with van der Waals surface area (Å²) in [5, 5.41) is 12.6. The number of ether oxygens (including phenoxy) is 2. The van der Waals surface area contributed by atoms with Gasteiger partial charge in [0.05, 0.1) is 41.7 Å². The van der Waals surface area contributed by atoms with Crippen molar-refractivity contribution >= 4 is 27.5 Å². The lowest BCUT2D eigenvalue weighted by atomic mass is 10.0. The standard InChI is InChI=1S/C33H46F3N3O7S/c1-22-9-12-27(13-10-22)47(43,44)38(5)20-30-23(2)19-39(24(3)21-40)32(42)28-18-26(37-31(41)15-16-33(34,35)36)11-14-29(28)46-25(4)8-6-7-17-45-30/h9-14,18,23-25,30,40H,6-8,15-17,19-21H2,1-5H3,(H,37,41)/t23-,24+,25-,30-/m1/s1. The molecule has 1 aliphatic heterocycles. The van der Waals surface area contributed by atoms with Crippen molar-refractivity contribution in [1.29, 1.82) is 0 Å². The van der Waals surface area contributed by atoms with E-state index in [4.69, 9.17) is 9.47 Å². The fourth-order valence-corrected chi connectivity index (χ4v) is 6.37. The summed E-state index contributed by atoms with van der Waals surface area (Å²) < 4.78 is 78.4. The number of anilines is 1. The van der Waals surface area contributed by atoms with E-state index < -0.39 is 58.9 Å². The van der Waals surface area contributed by atoms with Crippen molar-refractivity contribution in [3.8, 4) is 5.75 Å². The maximum atomic E-state index is 14.2. The molecule has 0 fully saturated rings. The van der Waals surface area contributed by atoms with Gasteiger partial charge in [-0.1, -0.05) is 24.6 Å². The van der Waals surface area contributed by atoms with Gasteiger partial charge in [0.2, 0.25) is 15.9 Å². The molecule has 2 amide bonds. The first kappa shape index (κ1) is 38.2. The molecule has 1 aliphatic rings. The van der Waals surface area contributed by atoms with Crippen molar-refractivity contribution in [2.75, 3.05) is 38.7 Å². The third-order valence-electron chi connectivity index (χ3n) is 8.14. The zero-order valence-electron chi connectivity index (χ0n) is 27.5. The smallest absolute Gasteiger partial charge is 0.389 e. The van der Waals surface area contributed by atoms with Crippen molar-refractivity contribution in [3.63, 3.8) is 0 Å². The number of fused-ring (bicyclic) bond motifs is 1. The molecule has 0 radical (unpaired) electrons. The number of rotatable bonds is 9. The number of alkyl halides is 3. The Morgan fingerprint density at radius 1 is 1.15 bits per heavy atom. The van der Waals surface area contributed by atoms with Crippen LogP contribution in [-0.2, 0) is 19.6 Å². The number of carbonyl (C=O) groups is 2. The summed E-state index contributed by atoms with van der Waals surface area (Å²) >= 11 is 0. The lowest BCUT2D eigenvalue weighted by molar-refractivity contribution is -0.142. The maximum absolute atomic E-state index is 14.2. The van der Waals surface area contributed by atoms with Crippen LogP contribution in [0.2, 0.25) is 0 Å². The van der Waals surface area contributed by atoms with Crippen LogP contribution in [0.1, 0.15) is 68.8 Å². The molecule has 0 aromatic heterocycles. The Labute approximate surface area is 275 Å². The average molecular weight is 686 g/mol. The van der Waals surface area contributed by atoms with Gasteiger partial charge in [-0.05, 0) is 70.4 Å². The highest BCUT2D eigenvalue weighted by molar-refractivity contribution is 7.89. The molecule has 47 heavy (non-hydrogen) atoms. The normalized spacial score (nSPS) is 21.0. The van der Waals surface area contributed by atoms with Crippen molar-refractivity contribution < 1.29 is 45.8 Å². The van der Waals surface area contributed by atoms with E-state index in [2.05, 4.69) is 5.32 Å². The molecule has 0 bridgehead atoms. The minimum Gasteiger partial charge on any atom is -0.490 e. The van der Waals surface area contributed by atoms with Crippen LogP contribution in [0.5, 0.6) is 5.75 Å². The fourth-order valence-electron chi connectivity index (χ4n) is 5.18. The van der Waals surface area contributed by atoms with Crippen LogP contribution < -0.4 is 10.1 Å². The molecule has 1 heterocycles. The summed E-state index contributed by atoms with van der Waals surface area (Å²) in [7, 11) is -2.36. The summed E-state index contributed by atoms with van der Waals surface area (Å²) in [6, 6.07) is 10.2. The number of aliphatic hydroxyl groups is 1. The van der Waals surface area contributed by atoms with Crippen LogP contribution in [-0.4, -0.2) is 92.3 Å². The summed E-state index contributed by atoms with van der Waals surface area (Å²) in [5.74, 6) is -1.57. The number of amides is 2. The number of sulfonamides is 1. The molecule has 10 nitrogen and oxygen atoms in total. The van der Waals surface area contributed by atoms with Gasteiger partial charge in [-0.3, -0.25) is 9.59 Å². The summed E-state index contributed by atoms with van der Waals surface area (Å²) in [4.78, 5) is 28.0. The number of hydrogen-bond donors (Lipinski definition) is 2. The molecule has 0 unspecified atom stereocenters. The van der Waals surface area contributed by atoms with Gasteiger partial charge in [-0.15, -0.1) is 0 Å². The lowest BCUT2D eigenvalue weighted by Gasteiger charge is -2.35. The first-order valence-corrected chi connectivity index (χ1v) is 17.2. The Hall–Kier alpha value is -3.20. The topological polar surface area (TPSA) is 125 Å². The van der Waals surface area contributed by atoms with E-state index >= 15 is 0 Å². The Kier molecular flexibility index (Phi) is 13.6. The molecule has 0 saturated heterocycles. The number of hydrogen-bond acceptors (Lipinski definition) is 7. The molecule has 0 saturated carbocycles. The van der Waals surface area contributed by atoms with E-state index in [9.17, 15) is 36.3 Å². The van der Waals surface area contributed by atoms with Crippen LogP contribution >= 0.6 is 0 Å². The molecular formula is C33H46F3N3O7S. The zero-order valence-corrected chi connectivity index (χ0v) is 28.4. The number of aliphatic hydroxyl groups excluding tert-OH is 1. The van der Waals surface area contributed by atoms with E-state index in [-0.39, 0.29) is 47.7 Å². The van der Waals surface area contributed by atoms with E-state index in [1.165, 1.54) is 34.5 Å². The Morgan fingerprint density at radius 2 is 1.83 bits per heavy atom. The molecule has 2 aromatic carbocycles. The molecule has 3 rings (SSSR count). The lowest BCUT2D eigenvalue weighted by Crippen LogP contribution is -2.48. The Morgan fingerprint density at radius 3 is 2.47 bits per heavy atom. The van der Waals surface area contributed by atoms with Crippen LogP contribution in [0.15, 0.2) is 47.4 Å². The monoisotopic (exact) mass is 685 g/mol. The molecule has 14 heteroatoms. The molecule has 262 valence electrons. The number of carbonyl (C=O) groups excluding carboxylic acids is 2. The molecular weight excluding hydrogens is 639 g/mol. The van der Waals surface area contributed by atoms with E-state index in [0.717, 1.165) is 12.0 Å². The van der Waals surface area contributed by atoms with Gasteiger partial charge in [-0.2, -0.15) is 17.5 Å². The van der Waals surface area contributed by atoms with Gasteiger partial charge in [0.15, 0.2) is 0 Å². The summed E-state index contributed by atoms with van der Waals surface area (Å²) in [6.45, 7) is 7.26. The second kappa shape index (κ2) is 16.8. The van der Waals surface area contributed by atoms with Gasteiger partial charge in [0, 0.05) is 44.8 Å². The molecule has 4 atom stereocenters. The number of aryl methyl sites for hydroxylation is 1. The number of likely N-dealkylation sites (N-methyl/N-ethyl adjacent to an activating group) is 1. The first-order valence-electron chi connectivity index (χ1n) is 15.8. The highest BCUT2D eigenvalue weighted by Gasteiger charge is 2.33. The predicted molar refractivity (Wildman–Crippen MR) is 172 cm³/mol. The summed E-state index contributed by atoms with van der Waals surface area (Å²) in [6.07, 6.45) is -5.46. The highest BCUT2D eigenvalue weighted by Crippen LogP contribution is 2.29. The van der Waals surface area contributed by atoms with Crippen LogP contribution in [0.3, 0.4) is 0 Å². The SMILES string of the molecule is Cc1ccc(S(=O)(=O)N(C)C[C@H]2OCCCC[C@@H](C)Oc3ccc(NC(=O)CCC(F)(F)F)cc3C(=O)N([C@@H](C)CO)C[C@H]2C)cc1. The third kappa shape index (κ3) is 11.2. The molecule has 2 aromatic rings. The van der Waals surface area contributed by atoms with E-state index in [0.29, 0.717) is 19.4 Å². The quantitative estimate of drug-likeness (QED) is 0.363. The van der Waals surface area contributed by atoms with Crippen LogP contribution in [0, 0.1) is 12.8 Å². The van der Waals surface area contributed by atoms with Crippen molar-refractivity contribution in [2.45, 2.75) is 89.1 Å². The van der Waals surface area contributed by atoms with Gasteiger partial charge < -0.3 is 24.8 Å². The van der Waals surface area contributed by atoms with Crippen molar-refractivity contribution in [1.82, 2.24) is 9.21 Å². The van der Waals surface area contributed by atoms with Gasteiger partial charge in [0.25, 0.3) is 5.91 Å². The van der Waals surface area contributed by atoms with Gasteiger partial charge in [0.1, 0.15) is 5.75 Å². The number of benzene rings is 2. The van der Waals surface area contributed by atoms with E-state index in [1.807, 2.05) is 20.8 Å². The number of nitrogens with one attached hydrogen (secondary N) is 1. The van der Waals surface area contributed by atoms with Crippen LogP contribution in [0.25, 0.3) is 0 Å². The molecule has 2 N–H and O–H groups in total. The Balaban J connectivity index is 1.94. The van der Waals surface area contributed by atoms with Gasteiger partial charge in [-0.25, -0.2) is 8.42 Å². The van der Waals surface area contributed by atoms with Crippen molar-refractivity contribution in [3.05, 3.63) is 53.6 Å². The van der Waals surface area contributed by atoms with Crippen molar-refractivity contribution in [2.24, 2.45) is 5.92 Å². The largest absolute Gasteiger partial charge is 0.490 e. The highest BCUT2D eigenvalue weighted by atomic mass is 32.2. The molecule has 0 spiro atoms. The zero-order chi connectivity index (χ0) is 34.9.